The minimum absolute atomic E-state index is 0.518. The standard InChI is InChI=1S/C13H26N4O/c1-11(2)10-18-7-6-17-9-13(14-15-17)8-16(5)12(3)4/h9,11-12H,6-8,10H2,1-5H3. The summed E-state index contributed by atoms with van der Waals surface area (Å²) in [4.78, 5) is 2.24. The van der Waals surface area contributed by atoms with Crippen molar-refractivity contribution in [3.05, 3.63) is 11.9 Å². The summed E-state index contributed by atoms with van der Waals surface area (Å²) in [6, 6.07) is 0.518. The smallest absolute Gasteiger partial charge is 0.0967 e. The van der Waals surface area contributed by atoms with E-state index in [0.717, 1.165) is 25.4 Å². The predicted molar refractivity (Wildman–Crippen MR) is 72.3 cm³/mol. The van der Waals surface area contributed by atoms with E-state index in [1.54, 1.807) is 0 Å². The van der Waals surface area contributed by atoms with E-state index in [2.05, 4.69) is 50.0 Å². The maximum Gasteiger partial charge on any atom is 0.0967 e. The summed E-state index contributed by atoms with van der Waals surface area (Å²) in [6.07, 6.45) is 2.00. The Kier molecular flexibility index (Phi) is 6.29. The molecule has 1 aromatic heterocycles. The monoisotopic (exact) mass is 254 g/mol. The molecule has 1 rings (SSSR count). The normalized spacial score (nSPS) is 12.0. The van der Waals surface area contributed by atoms with Crippen LogP contribution in [0.3, 0.4) is 0 Å². The minimum atomic E-state index is 0.518. The van der Waals surface area contributed by atoms with Crippen molar-refractivity contribution in [1.82, 2.24) is 19.9 Å². The van der Waals surface area contributed by atoms with Gasteiger partial charge in [-0.25, -0.2) is 4.68 Å². The van der Waals surface area contributed by atoms with Crippen molar-refractivity contribution < 1.29 is 4.74 Å². The summed E-state index contributed by atoms with van der Waals surface area (Å²) < 4.78 is 7.38. The second-order valence-electron chi connectivity index (χ2n) is 5.45. The summed E-state index contributed by atoms with van der Waals surface area (Å²) in [6.45, 7) is 11.7. The molecule has 1 heterocycles. The molecule has 0 saturated heterocycles. The van der Waals surface area contributed by atoms with Gasteiger partial charge in [-0.05, 0) is 26.8 Å². The van der Waals surface area contributed by atoms with Crippen LogP contribution in [-0.2, 0) is 17.8 Å². The molecule has 0 bridgehead atoms. The molecular weight excluding hydrogens is 228 g/mol. The summed E-state index contributed by atoms with van der Waals surface area (Å²) in [5.74, 6) is 0.580. The second kappa shape index (κ2) is 7.48. The van der Waals surface area contributed by atoms with Gasteiger partial charge in [0.2, 0.25) is 0 Å². The van der Waals surface area contributed by atoms with Crippen LogP contribution in [0.15, 0.2) is 6.20 Å². The van der Waals surface area contributed by atoms with Gasteiger partial charge in [0.1, 0.15) is 0 Å². The Labute approximate surface area is 110 Å². The summed E-state index contributed by atoms with van der Waals surface area (Å²) >= 11 is 0. The van der Waals surface area contributed by atoms with Gasteiger partial charge < -0.3 is 4.74 Å². The third-order valence-electron chi connectivity index (χ3n) is 2.79. The van der Waals surface area contributed by atoms with Crippen molar-refractivity contribution in [2.45, 2.75) is 46.8 Å². The molecule has 5 heteroatoms. The van der Waals surface area contributed by atoms with Crippen molar-refractivity contribution >= 4 is 0 Å². The first kappa shape index (κ1) is 15.1. The molecule has 0 aliphatic rings. The van der Waals surface area contributed by atoms with E-state index in [1.165, 1.54) is 0 Å². The Hall–Kier alpha value is -0.940. The molecule has 0 unspecified atom stereocenters. The molecular formula is C13H26N4O. The van der Waals surface area contributed by atoms with Gasteiger partial charge in [0.05, 0.1) is 18.8 Å². The van der Waals surface area contributed by atoms with Gasteiger partial charge in [0, 0.05) is 25.4 Å². The fourth-order valence-corrected chi connectivity index (χ4v) is 1.44. The van der Waals surface area contributed by atoms with Crippen molar-refractivity contribution in [3.8, 4) is 0 Å². The molecule has 0 amide bonds. The Balaban J connectivity index is 2.30. The molecule has 18 heavy (non-hydrogen) atoms. The molecule has 104 valence electrons. The van der Waals surface area contributed by atoms with E-state index in [4.69, 9.17) is 4.74 Å². The van der Waals surface area contributed by atoms with Crippen LogP contribution < -0.4 is 0 Å². The zero-order valence-electron chi connectivity index (χ0n) is 12.3. The molecule has 0 N–H and O–H groups in total. The van der Waals surface area contributed by atoms with Crippen molar-refractivity contribution in [1.29, 1.82) is 0 Å². The first-order valence-corrected chi connectivity index (χ1v) is 6.66. The first-order valence-electron chi connectivity index (χ1n) is 6.66. The number of hydrogen-bond acceptors (Lipinski definition) is 4. The van der Waals surface area contributed by atoms with Crippen LogP contribution in [0.1, 0.15) is 33.4 Å². The van der Waals surface area contributed by atoms with Crippen molar-refractivity contribution in [2.75, 3.05) is 20.3 Å². The number of aromatic nitrogens is 3. The molecule has 0 aliphatic heterocycles. The van der Waals surface area contributed by atoms with Crippen LogP contribution in [0.25, 0.3) is 0 Å². The van der Waals surface area contributed by atoms with Crippen LogP contribution in [0.5, 0.6) is 0 Å². The Morgan fingerprint density at radius 3 is 2.67 bits per heavy atom. The van der Waals surface area contributed by atoms with Gasteiger partial charge in [-0.15, -0.1) is 5.10 Å². The summed E-state index contributed by atoms with van der Waals surface area (Å²) in [5.41, 5.74) is 1.01. The number of rotatable bonds is 8. The van der Waals surface area contributed by atoms with Crippen LogP contribution in [0.4, 0.5) is 0 Å². The molecule has 0 aromatic carbocycles. The van der Waals surface area contributed by atoms with Crippen LogP contribution in [0.2, 0.25) is 0 Å². The summed E-state index contributed by atoms with van der Waals surface area (Å²) in [7, 11) is 2.09. The lowest BCUT2D eigenvalue weighted by molar-refractivity contribution is 0.101. The zero-order valence-corrected chi connectivity index (χ0v) is 12.3. The molecule has 5 nitrogen and oxygen atoms in total. The molecule has 0 fully saturated rings. The highest BCUT2D eigenvalue weighted by atomic mass is 16.5. The number of hydrogen-bond donors (Lipinski definition) is 0. The van der Waals surface area contributed by atoms with E-state index in [1.807, 2.05) is 10.9 Å². The SMILES string of the molecule is CC(C)COCCn1cc(CN(C)C(C)C)nn1. The zero-order chi connectivity index (χ0) is 13.5. The fourth-order valence-electron chi connectivity index (χ4n) is 1.44. The van der Waals surface area contributed by atoms with E-state index >= 15 is 0 Å². The summed E-state index contributed by atoms with van der Waals surface area (Å²) in [5, 5.41) is 8.27. The molecule has 1 aromatic rings. The van der Waals surface area contributed by atoms with E-state index in [0.29, 0.717) is 18.6 Å². The van der Waals surface area contributed by atoms with E-state index < -0.39 is 0 Å². The minimum Gasteiger partial charge on any atom is -0.379 e. The van der Waals surface area contributed by atoms with Crippen LogP contribution in [-0.4, -0.2) is 46.2 Å². The Morgan fingerprint density at radius 2 is 2.06 bits per heavy atom. The molecule has 0 saturated carbocycles. The van der Waals surface area contributed by atoms with Crippen molar-refractivity contribution in [2.24, 2.45) is 5.92 Å². The van der Waals surface area contributed by atoms with Crippen LogP contribution in [0, 0.1) is 5.92 Å². The highest BCUT2D eigenvalue weighted by Crippen LogP contribution is 2.02. The maximum atomic E-state index is 5.53. The van der Waals surface area contributed by atoms with Gasteiger partial charge in [-0.2, -0.15) is 0 Å². The van der Waals surface area contributed by atoms with Gasteiger partial charge in [0.15, 0.2) is 0 Å². The third-order valence-corrected chi connectivity index (χ3v) is 2.79. The Bertz CT molecular complexity index is 335. The van der Waals surface area contributed by atoms with Gasteiger partial charge >= 0.3 is 0 Å². The second-order valence-corrected chi connectivity index (χ2v) is 5.45. The quantitative estimate of drug-likeness (QED) is 0.663. The highest BCUT2D eigenvalue weighted by molar-refractivity contribution is 4.92. The van der Waals surface area contributed by atoms with Crippen molar-refractivity contribution in [3.63, 3.8) is 0 Å². The lowest BCUT2D eigenvalue weighted by Crippen LogP contribution is -2.25. The molecule has 0 aliphatic carbocycles. The van der Waals surface area contributed by atoms with Gasteiger partial charge in [-0.1, -0.05) is 19.1 Å². The van der Waals surface area contributed by atoms with E-state index in [9.17, 15) is 0 Å². The van der Waals surface area contributed by atoms with E-state index in [-0.39, 0.29) is 0 Å². The average Bonchev–Trinajstić information content (AvgIpc) is 2.72. The average molecular weight is 254 g/mol. The lowest BCUT2D eigenvalue weighted by Gasteiger charge is -2.18. The van der Waals surface area contributed by atoms with Gasteiger partial charge in [-0.3, -0.25) is 4.90 Å². The predicted octanol–water partition coefficient (Wildman–Crippen LogP) is 1.79. The number of nitrogens with zero attached hydrogens (tertiary/aromatic N) is 4. The molecule has 0 spiro atoms. The van der Waals surface area contributed by atoms with Crippen LogP contribution >= 0.6 is 0 Å². The third kappa shape index (κ3) is 5.60. The first-order chi connectivity index (χ1) is 8.49. The topological polar surface area (TPSA) is 43.2 Å². The lowest BCUT2D eigenvalue weighted by atomic mass is 10.2. The maximum absolute atomic E-state index is 5.53. The molecule has 0 radical (unpaired) electrons. The Morgan fingerprint density at radius 1 is 1.33 bits per heavy atom. The molecule has 0 atom stereocenters. The highest BCUT2D eigenvalue weighted by Gasteiger charge is 2.07. The van der Waals surface area contributed by atoms with Gasteiger partial charge in [0.25, 0.3) is 0 Å². The number of ether oxygens (including phenoxy) is 1. The fraction of sp³-hybridized carbons (Fsp3) is 0.846. The largest absolute Gasteiger partial charge is 0.379 e.